The van der Waals surface area contributed by atoms with Gasteiger partial charge in [0.05, 0.1) is 18.8 Å². The molecule has 0 aromatic heterocycles. The number of aliphatic hydroxyl groups is 3. The summed E-state index contributed by atoms with van der Waals surface area (Å²) in [5.74, 6) is -3.37. The summed E-state index contributed by atoms with van der Waals surface area (Å²) < 4.78 is 10.3. The Morgan fingerprint density at radius 2 is 2.18 bits per heavy atom. The molecule has 8 heteroatoms. The van der Waals surface area contributed by atoms with Gasteiger partial charge in [-0.15, -0.1) is 0 Å². The maximum atomic E-state index is 11.1. The lowest BCUT2D eigenvalue weighted by Gasteiger charge is -2.34. The second kappa shape index (κ2) is 4.16. The molecule has 0 radical (unpaired) electrons. The van der Waals surface area contributed by atoms with Crippen molar-refractivity contribution in [2.24, 2.45) is 5.73 Å². The van der Waals surface area contributed by atoms with E-state index in [0.29, 0.717) is 0 Å². The minimum absolute atomic E-state index is 0.311. The summed E-state index contributed by atoms with van der Waals surface area (Å²) in [5.41, 5.74) is 5.66. The topological polar surface area (TPSA) is 142 Å². The number of rotatable bonds is 3. The standard InChI is InChI=1S/C9H15NO7/c10-5-3(12)1-9(8(14)15)16-6(4(13)2-11)7(5)17-9/h3-7,11-13H,1-2,10H2,(H,14,15)/t3-,4+,5+,6+,7+,9+/m0/s1. The van der Waals surface area contributed by atoms with Crippen LogP contribution in [0.25, 0.3) is 0 Å². The number of hydrogen-bond donors (Lipinski definition) is 5. The van der Waals surface area contributed by atoms with Crippen LogP contribution in [0.4, 0.5) is 0 Å². The lowest BCUT2D eigenvalue weighted by Crippen LogP contribution is -2.57. The molecular formula is C9H15NO7. The molecule has 0 aromatic carbocycles. The third kappa shape index (κ3) is 1.82. The molecule has 0 unspecified atom stereocenters. The molecule has 2 rings (SSSR count). The van der Waals surface area contributed by atoms with Crippen LogP contribution in [-0.2, 0) is 14.3 Å². The summed E-state index contributed by atoms with van der Waals surface area (Å²) in [6.45, 7) is -0.608. The van der Waals surface area contributed by atoms with Gasteiger partial charge in [-0.2, -0.15) is 0 Å². The second-order valence-electron chi connectivity index (χ2n) is 4.32. The summed E-state index contributed by atoms with van der Waals surface area (Å²) in [7, 11) is 0. The van der Waals surface area contributed by atoms with E-state index < -0.39 is 48.8 Å². The Morgan fingerprint density at radius 1 is 1.53 bits per heavy atom. The van der Waals surface area contributed by atoms with Gasteiger partial charge in [-0.3, -0.25) is 0 Å². The number of carboxylic acids is 1. The van der Waals surface area contributed by atoms with Gasteiger partial charge in [0.15, 0.2) is 0 Å². The molecule has 0 aromatic rings. The van der Waals surface area contributed by atoms with E-state index in [1.54, 1.807) is 0 Å². The molecule has 98 valence electrons. The first kappa shape index (κ1) is 12.7. The molecule has 6 N–H and O–H groups in total. The van der Waals surface area contributed by atoms with Gasteiger partial charge in [0.25, 0.3) is 5.79 Å². The molecule has 2 aliphatic rings. The van der Waals surface area contributed by atoms with Crippen molar-refractivity contribution in [1.82, 2.24) is 0 Å². The van der Waals surface area contributed by atoms with Gasteiger partial charge in [-0.25, -0.2) is 4.79 Å². The van der Waals surface area contributed by atoms with Gasteiger partial charge in [0.2, 0.25) is 0 Å². The Balaban J connectivity index is 2.28. The van der Waals surface area contributed by atoms with Crippen LogP contribution in [0.2, 0.25) is 0 Å². The molecule has 0 spiro atoms. The summed E-state index contributed by atoms with van der Waals surface area (Å²) in [6, 6.07) is -0.865. The Morgan fingerprint density at radius 3 is 2.71 bits per heavy atom. The highest BCUT2D eigenvalue weighted by atomic mass is 16.8. The highest BCUT2D eigenvalue weighted by Crippen LogP contribution is 2.41. The predicted molar refractivity (Wildman–Crippen MR) is 51.8 cm³/mol. The van der Waals surface area contributed by atoms with E-state index in [4.69, 9.17) is 25.4 Å². The average molecular weight is 249 g/mol. The van der Waals surface area contributed by atoms with Crippen LogP contribution in [0.5, 0.6) is 0 Å². The number of aliphatic carboxylic acids is 1. The highest BCUT2D eigenvalue weighted by molar-refractivity contribution is 5.76. The lowest BCUT2D eigenvalue weighted by molar-refractivity contribution is -0.233. The van der Waals surface area contributed by atoms with Gasteiger partial charge in [-0.05, 0) is 0 Å². The maximum absolute atomic E-state index is 11.1. The predicted octanol–water partition coefficient (Wildman–Crippen LogP) is -3.00. The van der Waals surface area contributed by atoms with Crippen LogP contribution in [-0.4, -0.2) is 69.2 Å². The molecule has 0 amide bonds. The smallest absolute Gasteiger partial charge is 0.364 e. The van der Waals surface area contributed by atoms with E-state index in [0.717, 1.165) is 0 Å². The van der Waals surface area contributed by atoms with E-state index in [1.807, 2.05) is 0 Å². The van der Waals surface area contributed by atoms with E-state index >= 15 is 0 Å². The molecule has 17 heavy (non-hydrogen) atoms. The van der Waals surface area contributed by atoms with E-state index in [-0.39, 0.29) is 6.42 Å². The maximum Gasteiger partial charge on any atom is 0.364 e. The number of carboxylic acid groups (broad SMARTS) is 1. The molecular weight excluding hydrogens is 234 g/mol. The van der Waals surface area contributed by atoms with Gasteiger partial charge >= 0.3 is 5.97 Å². The number of carbonyl (C=O) groups is 1. The first-order valence-corrected chi connectivity index (χ1v) is 5.23. The molecule has 2 bridgehead atoms. The minimum Gasteiger partial charge on any atom is -0.477 e. The Kier molecular flexibility index (Phi) is 3.10. The zero-order chi connectivity index (χ0) is 12.8. The lowest BCUT2D eigenvalue weighted by atomic mass is 9.93. The zero-order valence-corrected chi connectivity index (χ0v) is 8.89. The van der Waals surface area contributed by atoms with Gasteiger partial charge in [0.1, 0.15) is 18.3 Å². The molecule has 2 heterocycles. The van der Waals surface area contributed by atoms with Crippen LogP contribution in [0.1, 0.15) is 6.42 Å². The SMILES string of the molecule is N[C@H]1[C@H]2O[C@@](C(=O)O)(C[C@@H]1O)O[C@@H]2[C@H](O)CO. The normalized spacial score (nSPS) is 46.8. The summed E-state index contributed by atoms with van der Waals surface area (Å²) in [5, 5.41) is 37.1. The van der Waals surface area contributed by atoms with Crippen LogP contribution >= 0.6 is 0 Å². The average Bonchev–Trinajstić information content (AvgIpc) is 2.63. The van der Waals surface area contributed by atoms with Crippen molar-refractivity contribution in [3.05, 3.63) is 0 Å². The summed E-state index contributed by atoms with van der Waals surface area (Å²) in [4.78, 5) is 11.1. The molecule has 0 saturated carbocycles. The van der Waals surface area contributed by atoms with Crippen molar-refractivity contribution in [3.8, 4) is 0 Å². The molecule has 2 saturated heterocycles. The first-order chi connectivity index (χ1) is 7.91. The van der Waals surface area contributed by atoms with Gasteiger partial charge in [-0.1, -0.05) is 0 Å². The van der Waals surface area contributed by atoms with E-state index in [1.165, 1.54) is 0 Å². The molecule has 6 atom stereocenters. The molecule has 2 aliphatic heterocycles. The monoisotopic (exact) mass is 249 g/mol. The third-order valence-corrected chi connectivity index (χ3v) is 3.17. The number of ether oxygens (including phenoxy) is 2. The number of fused-ring (bicyclic) bond motifs is 2. The van der Waals surface area contributed by atoms with Crippen LogP contribution in [0, 0.1) is 0 Å². The summed E-state index contributed by atoms with van der Waals surface area (Å²) >= 11 is 0. The first-order valence-electron chi connectivity index (χ1n) is 5.23. The Bertz CT molecular complexity index is 324. The Labute approximate surface area is 96.6 Å². The number of hydrogen-bond acceptors (Lipinski definition) is 7. The fourth-order valence-electron chi connectivity index (χ4n) is 2.22. The van der Waals surface area contributed by atoms with Crippen molar-refractivity contribution >= 4 is 5.97 Å². The van der Waals surface area contributed by atoms with Crippen molar-refractivity contribution < 1.29 is 34.7 Å². The fraction of sp³-hybridized carbons (Fsp3) is 0.889. The molecule has 0 aliphatic carbocycles. The molecule has 2 fully saturated rings. The second-order valence-corrected chi connectivity index (χ2v) is 4.32. The summed E-state index contributed by atoms with van der Waals surface area (Å²) in [6.07, 6.45) is -4.74. The quantitative estimate of drug-likeness (QED) is 0.356. The molecule has 8 nitrogen and oxygen atoms in total. The third-order valence-electron chi connectivity index (χ3n) is 3.17. The fourth-order valence-corrected chi connectivity index (χ4v) is 2.22. The zero-order valence-electron chi connectivity index (χ0n) is 8.89. The Hall–Kier alpha value is -0.770. The van der Waals surface area contributed by atoms with Crippen LogP contribution in [0.15, 0.2) is 0 Å². The largest absolute Gasteiger partial charge is 0.477 e. The van der Waals surface area contributed by atoms with Gasteiger partial charge in [0, 0.05) is 6.42 Å². The van der Waals surface area contributed by atoms with Crippen molar-refractivity contribution in [2.45, 2.75) is 42.7 Å². The minimum atomic E-state index is -1.99. The van der Waals surface area contributed by atoms with Gasteiger partial charge < -0.3 is 35.6 Å². The van der Waals surface area contributed by atoms with Crippen molar-refractivity contribution in [2.75, 3.05) is 6.61 Å². The van der Waals surface area contributed by atoms with Crippen molar-refractivity contribution in [1.29, 1.82) is 0 Å². The number of aliphatic hydroxyl groups excluding tert-OH is 3. The van der Waals surface area contributed by atoms with Crippen LogP contribution < -0.4 is 5.73 Å². The number of nitrogens with two attached hydrogens (primary N) is 1. The van der Waals surface area contributed by atoms with E-state index in [9.17, 15) is 15.0 Å². The van der Waals surface area contributed by atoms with Crippen LogP contribution in [0.3, 0.4) is 0 Å². The highest BCUT2D eigenvalue weighted by Gasteiger charge is 2.62. The van der Waals surface area contributed by atoms with Crippen molar-refractivity contribution in [3.63, 3.8) is 0 Å². The van der Waals surface area contributed by atoms with E-state index in [2.05, 4.69) is 0 Å².